The Kier molecular flexibility index (Phi) is 5.79. The van der Waals surface area contributed by atoms with Crippen LogP contribution in [0.1, 0.15) is 39.0 Å². The van der Waals surface area contributed by atoms with E-state index in [0.717, 1.165) is 18.4 Å². The molecule has 1 saturated carbocycles. The summed E-state index contributed by atoms with van der Waals surface area (Å²) in [6.45, 7) is 1.86. The molecule has 1 aromatic heterocycles. The molecule has 1 amide bonds. The summed E-state index contributed by atoms with van der Waals surface area (Å²) in [5.41, 5.74) is 0.804. The molecule has 128 valence electrons. The molecule has 0 radical (unpaired) electrons. The minimum Gasteiger partial charge on any atom is -0.411 e. The average Bonchev–Trinajstić information content (AvgIpc) is 3.05. The van der Waals surface area contributed by atoms with Gasteiger partial charge in [-0.1, -0.05) is 42.6 Å². The molecule has 2 aromatic rings. The molecule has 5 nitrogen and oxygen atoms in total. The number of thioether (sulfide) groups is 1. The maximum Gasteiger partial charge on any atom is 0.277 e. The second-order valence-electron chi connectivity index (χ2n) is 5.98. The number of amides is 1. The van der Waals surface area contributed by atoms with Crippen LogP contribution in [0.25, 0.3) is 11.5 Å². The van der Waals surface area contributed by atoms with Crippen LogP contribution >= 0.6 is 23.4 Å². The van der Waals surface area contributed by atoms with Crippen molar-refractivity contribution in [2.24, 2.45) is 0 Å². The van der Waals surface area contributed by atoms with Gasteiger partial charge in [-0.15, -0.1) is 10.2 Å². The first kappa shape index (κ1) is 17.3. The van der Waals surface area contributed by atoms with E-state index in [4.69, 9.17) is 16.0 Å². The Morgan fingerprint density at radius 1 is 1.25 bits per heavy atom. The molecule has 24 heavy (non-hydrogen) atoms. The monoisotopic (exact) mass is 365 g/mol. The minimum absolute atomic E-state index is 0.0261. The smallest absolute Gasteiger partial charge is 0.277 e. The first-order valence-corrected chi connectivity index (χ1v) is 9.44. The predicted molar refractivity (Wildman–Crippen MR) is 95.1 cm³/mol. The molecule has 1 atom stereocenters. The van der Waals surface area contributed by atoms with E-state index < -0.39 is 0 Å². The summed E-state index contributed by atoms with van der Waals surface area (Å²) in [4.78, 5) is 12.3. The standard InChI is InChI=1S/C17H20ClN3O2S/c1-11(15(22)19-14-5-3-2-4-6-14)24-17-21-20-16(23-17)12-7-9-13(18)10-8-12/h7-11,14H,2-6H2,1H3,(H,19,22). The molecular formula is C17H20ClN3O2S. The van der Waals surface area contributed by atoms with Gasteiger partial charge in [-0.2, -0.15) is 0 Å². The quantitative estimate of drug-likeness (QED) is 0.799. The molecule has 1 fully saturated rings. The molecule has 3 rings (SSSR count). The fraction of sp³-hybridized carbons (Fsp3) is 0.471. The van der Waals surface area contributed by atoms with Gasteiger partial charge in [-0.25, -0.2) is 0 Å². The first-order valence-electron chi connectivity index (χ1n) is 8.18. The molecule has 1 aliphatic carbocycles. The van der Waals surface area contributed by atoms with Crippen molar-refractivity contribution in [3.05, 3.63) is 29.3 Å². The highest BCUT2D eigenvalue weighted by molar-refractivity contribution is 8.00. The maximum atomic E-state index is 12.3. The average molecular weight is 366 g/mol. The highest BCUT2D eigenvalue weighted by Gasteiger charge is 2.22. The molecule has 0 saturated heterocycles. The summed E-state index contributed by atoms with van der Waals surface area (Å²) < 4.78 is 5.64. The van der Waals surface area contributed by atoms with Crippen LogP contribution in [0, 0.1) is 0 Å². The molecule has 1 aliphatic rings. The van der Waals surface area contributed by atoms with Crippen molar-refractivity contribution in [1.29, 1.82) is 0 Å². The zero-order chi connectivity index (χ0) is 16.9. The van der Waals surface area contributed by atoms with Crippen molar-refractivity contribution in [2.45, 2.75) is 55.5 Å². The summed E-state index contributed by atoms with van der Waals surface area (Å²) in [7, 11) is 0. The van der Waals surface area contributed by atoms with Gasteiger partial charge in [0.05, 0.1) is 5.25 Å². The molecule has 1 unspecified atom stereocenters. The van der Waals surface area contributed by atoms with Crippen molar-refractivity contribution in [3.63, 3.8) is 0 Å². The summed E-state index contributed by atoms with van der Waals surface area (Å²) >= 11 is 7.15. The van der Waals surface area contributed by atoms with E-state index in [1.165, 1.54) is 31.0 Å². The topological polar surface area (TPSA) is 68.0 Å². The molecule has 0 aliphatic heterocycles. The van der Waals surface area contributed by atoms with Gasteiger partial charge in [-0.3, -0.25) is 4.79 Å². The first-order chi connectivity index (χ1) is 11.6. The Labute approximate surface area is 150 Å². The largest absolute Gasteiger partial charge is 0.411 e. The Balaban J connectivity index is 1.57. The number of nitrogens with zero attached hydrogens (tertiary/aromatic N) is 2. The van der Waals surface area contributed by atoms with Gasteiger partial charge in [0, 0.05) is 16.6 Å². The highest BCUT2D eigenvalue weighted by Crippen LogP contribution is 2.27. The lowest BCUT2D eigenvalue weighted by molar-refractivity contribution is -0.121. The van der Waals surface area contributed by atoms with Gasteiger partial charge >= 0.3 is 0 Å². The molecule has 1 N–H and O–H groups in total. The van der Waals surface area contributed by atoms with E-state index in [1.807, 2.05) is 19.1 Å². The summed E-state index contributed by atoms with van der Waals surface area (Å²) in [5, 5.41) is 11.9. The number of rotatable bonds is 5. The van der Waals surface area contributed by atoms with Crippen molar-refractivity contribution < 1.29 is 9.21 Å². The van der Waals surface area contributed by atoms with Gasteiger partial charge in [0.15, 0.2) is 0 Å². The van der Waals surface area contributed by atoms with Crippen LogP contribution in [0.2, 0.25) is 5.02 Å². The number of hydrogen-bond acceptors (Lipinski definition) is 5. The highest BCUT2D eigenvalue weighted by atomic mass is 35.5. The van der Waals surface area contributed by atoms with E-state index in [-0.39, 0.29) is 11.2 Å². The molecular weight excluding hydrogens is 346 g/mol. The van der Waals surface area contributed by atoms with E-state index in [2.05, 4.69) is 15.5 Å². The van der Waals surface area contributed by atoms with Gasteiger partial charge in [0.2, 0.25) is 11.8 Å². The lowest BCUT2D eigenvalue weighted by atomic mass is 9.95. The van der Waals surface area contributed by atoms with E-state index in [0.29, 0.717) is 22.2 Å². The van der Waals surface area contributed by atoms with E-state index >= 15 is 0 Å². The fourth-order valence-corrected chi connectivity index (χ4v) is 3.56. The van der Waals surface area contributed by atoms with Crippen molar-refractivity contribution in [3.8, 4) is 11.5 Å². The minimum atomic E-state index is -0.273. The Morgan fingerprint density at radius 3 is 2.67 bits per heavy atom. The maximum absolute atomic E-state index is 12.3. The van der Waals surface area contributed by atoms with Crippen molar-refractivity contribution in [1.82, 2.24) is 15.5 Å². The second kappa shape index (κ2) is 8.03. The second-order valence-corrected chi connectivity index (χ2v) is 7.71. The lowest BCUT2D eigenvalue weighted by Crippen LogP contribution is -2.40. The number of carbonyl (C=O) groups excluding carboxylic acids is 1. The zero-order valence-electron chi connectivity index (χ0n) is 13.5. The van der Waals surface area contributed by atoms with Crippen molar-refractivity contribution >= 4 is 29.3 Å². The van der Waals surface area contributed by atoms with Gasteiger partial charge < -0.3 is 9.73 Å². The SMILES string of the molecule is CC(Sc1nnc(-c2ccc(Cl)cc2)o1)C(=O)NC1CCCCC1. The van der Waals surface area contributed by atoms with Crippen molar-refractivity contribution in [2.75, 3.05) is 0 Å². The third-order valence-corrected chi connectivity index (χ3v) is 5.28. The Morgan fingerprint density at radius 2 is 1.96 bits per heavy atom. The fourth-order valence-electron chi connectivity index (χ4n) is 2.74. The number of halogens is 1. The number of hydrogen-bond donors (Lipinski definition) is 1. The van der Waals surface area contributed by atoms with Crippen LogP contribution in [-0.4, -0.2) is 27.4 Å². The van der Waals surface area contributed by atoms with Crippen LogP contribution in [0.5, 0.6) is 0 Å². The van der Waals surface area contributed by atoms with Gasteiger partial charge in [-0.05, 0) is 44.0 Å². The number of benzene rings is 1. The Hall–Kier alpha value is -1.53. The van der Waals surface area contributed by atoms with Crippen LogP contribution in [0.15, 0.2) is 33.9 Å². The predicted octanol–water partition coefficient (Wildman–Crippen LogP) is 4.32. The van der Waals surface area contributed by atoms with Crippen LogP contribution in [0.3, 0.4) is 0 Å². The van der Waals surface area contributed by atoms with Crippen LogP contribution in [0.4, 0.5) is 0 Å². The molecule has 0 spiro atoms. The number of aromatic nitrogens is 2. The summed E-state index contributed by atoms with van der Waals surface area (Å²) in [6.07, 6.45) is 5.81. The van der Waals surface area contributed by atoms with Gasteiger partial charge in [0.25, 0.3) is 5.22 Å². The molecule has 1 heterocycles. The van der Waals surface area contributed by atoms with E-state index in [9.17, 15) is 4.79 Å². The zero-order valence-corrected chi connectivity index (χ0v) is 15.1. The Bertz CT molecular complexity index is 683. The molecule has 1 aromatic carbocycles. The van der Waals surface area contributed by atoms with Crippen LogP contribution < -0.4 is 5.32 Å². The molecule has 0 bridgehead atoms. The third-order valence-electron chi connectivity index (χ3n) is 4.10. The number of carbonyl (C=O) groups is 1. The van der Waals surface area contributed by atoms with E-state index in [1.54, 1.807) is 12.1 Å². The summed E-state index contributed by atoms with van der Waals surface area (Å²) in [5.74, 6) is 0.451. The number of nitrogens with one attached hydrogen (secondary N) is 1. The normalized spacial score (nSPS) is 16.8. The van der Waals surface area contributed by atoms with Gasteiger partial charge in [0.1, 0.15) is 0 Å². The molecule has 7 heteroatoms. The lowest BCUT2D eigenvalue weighted by Gasteiger charge is -2.23. The third kappa shape index (κ3) is 4.51. The van der Waals surface area contributed by atoms with Crippen LogP contribution in [-0.2, 0) is 4.79 Å². The summed E-state index contributed by atoms with van der Waals surface area (Å²) in [6, 6.07) is 7.50.